The highest BCUT2D eigenvalue weighted by Crippen LogP contribution is 2.22. The lowest BCUT2D eigenvalue weighted by Crippen LogP contribution is -2.09. The molecule has 0 atom stereocenters. The molecule has 0 aliphatic rings. The fraction of sp³-hybridized carbons (Fsp3) is 0.455. The first kappa shape index (κ1) is 9.96. The molecule has 0 saturated heterocycles. The molecule has 2 heterocycles. The second-order valence-electron chi connectivity index (χ2n) is 5.06. The predicted molar refractivity (Wildman–Crippen MR) is 60.6 cm³/mol. The Morgan fingerprint density at radius 1 is 1.33 bits per heavy atom. The molecule has 2 aromatic rings. The smallest absolute Gasteiger partial charge is 0.158 e. The SMILES string of the molecule is CC(C)(C)Cc1cnn2cc(N)cnc12. The van der Waals surface area contributed by atoms with Crippen LogP contribution < -0.4 is 5.73 Å². The van der Waals surface area contributed by atoms with E-state index in [0.29, 0.717) is 5.69 Å². The lowest BCUT2D eigenvalue weighted by Gasteiger charge is -2.16. The van der Waals surface area contributed by atoms with Gasteiger partial charge in [0.1, 0.15) is 0 Å². The maximum Gasteiger partial charge on any atom is 0.158 e. The van der Waals surface area contributed by atoms with Crippen molar-refractivity contribution in [3.05, 3.63) is 24.2 Å². The van der Waals surface area contributed by atoms with Crippen LogP contribution in [0.4, 0.5) is 5.69 Å². The average Bonchev–Trinajstić information content (AvgIpc) is 2.45. The van der Waals surface area contributed by atoms with Crippen molar-refractivity contribution in [2.24, 2.45) is 5.41 Å². The van der Waals surface area contributed by atoms with Crippen LogP contribution in [0, 0.1) is 5.41 Å². The molecule has 4 nitrogen and oxygen atoms in total. The summed E-state index contributed by atoms with van der Waals surface area (Å²) in [5.41, 5.74) is 8.58. The van der Waals surface area contributed by atoms with E-state index in [0.717, 1.165) is 12.1 Å². The van der Waals surface area contributed by atoms with E-state index in [1.54, 1.807) is 16.9 Å². The Hall–Kier alpha value is -1.58. The monoisotopic (exact) mass is 204 g/mol. The number of aromatic nitrogens is 3. The third kappa shape index (κ3) is 2.09. The molecule has 0 saturated carbocycles. The van der Waals surface area contributed by atoms with Crippen molar-refractivity contribution >= 4 is 11.3 Å². The van der Waals surface area contributed by atoms with Crippen LogP contribution in [0.2, 0.25) is 0 Å². The molecule has 0 aliphatic heterocycles. The average molecular weight is 204 g/mol. The Balaban J connectivity index is 2.45. The van der Waals surface area contributed by atoms with Gasteiger partial charge < -0.3 is 5.73 Å². The van der Waals surface area contributed by atoms with Crippen molar-refractivity contribution in [2.45, 2.75) is 27.2 Å². The summed E-state index contributed by atoms with van der Waals surface area (Å²) in [4.78, 5) is 4.30. The molecule has 80 valence electrons. The molecule has 2 aromatic heterocycles. The van der Waals surface area contributed by atoms with Gasteiger partial charge in [-0.05, 0) is 11.8 Å². The van der Waals surface area contributed by atoms with Gasteiger partial charge in [0.25, 0.3) is 0 Å². The van der Waals surface area contributed by atoms with Gasteiger partial charge in [0.2, 0.25) is 0 Å². The highest BCUT2D eigenvalue weighted by atomic mass is 15.2. The van der Waals surface area contributed by atoms with Gasteiger partial charge in [-0.1, -0.05) is 20.8 Å². The van der Waals surface area contributed by atoms with E-state index >= 15 is 0 Å². The van der Waals surface area contributed by atoms with Gasteiger partial charge in [-0.15, -0.1) is 0 Å². The van der Waals surface area contributed by atoms with E-state index in [1.165, 1.54) is 5.56 Å². The van der Waals surface area contributed by atoms with Crippen LogP contribution in [0.25, 0.3) is 5.65 Å². The summed E-state index contributed by atoms with van der Waals surface area (Å²) in [5, 5.41) is 4.24. The summed E-state index contributed by atoms with van der Waals surface area (Å²) in [5.74, 6) is 0. The minimum atomic E-state index is 0.243. The van der Waals surface area contributed by atoms with Crippen molar-refractivity contribution in [1.29, 1.82) is 0 Å². The van der Waals surface area contributed by atoms with Gasteiger partial charge in [0.05, 0.1) is 24.3 Å². The first-order valence-corrected chi connectivity index (χ1v) is 5.03. The van der Waals surface area contributed by atoms with Crippen molar-refractivity contribution < 1.29 is 0 Å². The van der Waals surface area contributed by atoms with Crippen LogP contribution in [-0.2, 0) is 6.42 Å². The van der Waals surface area contributed by atoms with E-state index < -0.39 is 0 Å². The highest BCUT2D eigenvalue weighted by molar-refractivity contribution is 5.49. The first-order valence-electron chi connectivity index (χ1n) is 5.03. The summed E-state index contributed by atoms with van der Waals surface area (Å²) in [6.45, 7) is 6.61. The van der Waals surface area contributed by atoms with Crippen molar-refractivity contribution in [3.63, 3.8) is 0 Å². The Bertz CT molecular complexity index is 479. The minimum absolute atomic E-state index is 0.243. The normalized spacial score (nSPS) is 12.2. The van der Waals surface area contributed by atoms with E-state index in [4.69, 9.17) is 5.73 Å². The number of anilines is 1. The van der Waals surface area contributed by atoms with Gasteiger partial charge >= 0.3 is 0 Å². The third-order valence-corrected chi connectivity index (χ3v) is 2.17. The Morgan fingerprint density at radius 3 is 2.73 bits per heavy atom. The molecule has 0 aliphatic carbocycles. The zero-order valence-electron chi connectivity index (χ0n) is 9.36. The van der Waals surface area contributed by atoms with Gasteiger partial charge in [-0.3, -0.25) is 0 Å². The summed E-state index contributed by atoms with van der Waals surface area (Å²) >= 11 is 0. The summed E-state index contributed by atoms with van der Waals surface area (Å²) in [6, 6.07) is 0. The van der Waals surface area contributed by atoms with Crippen molar-refractivity contribution in [3.8, 4) is 0 Å². The van der Waals surface area contributed by atoms with Crippen LogP contribution in [0.1, 0.15) is 26.3 Å². The van der Waals surface area contributed by atoms with Crippen LogP contribution in [0.5, 0.6) is 0 Å². The van der Waals surface area contributed by atoms with Gasteiger partial charge in [-0.25, -0.2) is 9.50 Å². The van der Waals surface area contributed by atoms with Crippen LogP contribution >= 0.6 is 0 Å². The zero-order valence-corrected chi connectivity index (χ0v) is 9.36. The first-order chi connectivity index (χ1) is 6.96. The molecular weight excluding hydrogens is 188 g/mol. The van der Waals surface area contributed by atoms with Gasteiger partial charge in [0, 0.05) is 5.56 Å². The second-order valence-corrected chi connectivity index (χ2v) is 5.06. The number of hydrogen-bond acceptors (Lipinski definition) is 3. The molecule has 0 aromatic carbocycles. The number of fused-ring (bicyclic) bond motifs is 1. The molecular formula is C11H16N4. The Morgan fingerprint density at radius 2 is 2.07 bits per heavy atom. The maximum absolute atomic E-state index is 5.64. The number of nitrogens with zero attached hydrogens (tertiary/aromatic N) is 3. The number of rotatable bonds is 1. The summed E-state index contributed by atoms with van der Waals surface area (Å²) in [7, 11) is 0. The molecule has 0 bridgehead atoms. The standard InChI is InChI=1S/C11H16N4/c1-11(2,3)4-8-5-14-15-7-9(12)6-13-10(8)15/h5-7H,4,12H2,1-3H3. The Kier molecular flexibility index (Phi) is 2.14. The molecule has 0 fully saturated rings. The number of nitrogens with two attached hydrogens (primary N) is 1. The molecule has 2 rings (SSSR count). The number of nitrogen functional groups attached to an aromatic ring is 1. The van der Waals surface area contributed by atoms with Crippen LogP contribution in [-0.4, -0.2) is 14.6 Å². The number of hydrogen-bond donors (Lipinski definition) is 1. The molecule has 0 amide bonds. The van der Waals surface area contributed by atoms with E-state index in [9.17, 15) is 0 Å². The van der Waals surface area contributed by atoms with E-state index in [2.05, 4.69) is 30.9 Å². The quantitative estimate of drug-likeness (QED) is 0.771. The maximum atomic E-state index is 5.64. The van der Waals surface area contributed by atoms with E-state index in [1.807, 2.05) is 6.20 Å². The van der Waals surface area contributed by atoms with E-state index in [-0.39, 0.29) is 5.41 Å². The fourth-order valence-corrected chi connectivity index (χ4v) is 1.63. The molecule has 0 spiro atoms. The zero-order chi connectivity index (χ0) is 11.1. The minimum Gasteiger partial charge on any atom is -0.396 e. The molecule has 0 radical (unpaired) electrons. The molecule has 4 heteroatoms. The summed E-state index contributed by atoms with van der Waals surface area (Å²) < 4.78 is 1.73. The summed E-state index contributed by atoms with van der Waals surface area (Å²) in [6.07, 6.45) is 6.29. The third-order valence-electron chi connectivity index (χ3n) is 2.17. The topological polar surface area (TPSA) is 56.2 Å². The van der Waals surface area contributed by atoms with Gasteiger partial charge in [0.15, 0.2) is 5.65 Å². The second kappa shape index (κ2) is 3.22. The largest absolute Gasteiger partial charge is 0.396 e. The lowest BCUT2D eigenvalue weighted by molar-refractivity contribution is 0.412. The lowest BCUT2D eigenvalue weighted by atomic mass is 9.89. The fourth-order valence-electron chi connectivity index (χ4n) is 1.63. The van der Waals surface area contributed by atoms with Gasteiger partial charge in [-0.2, -0.15) is 5.10 Å². The molecule has 15 heavy (non-hydrogen) atoms. The Labute approximate surface area is 89.1 Å². The van der Waals surface area contributed by atoms with Crippen LogP contribution in [0.15, 0.2) is 18.6 Å². The molecule has 0 unspecified atom stereocenters. The van der Waals surface area contributed by atoms with Crippen molar-refractivity contribution in [1.82, 2.24) is 14.6 Å². The predicted octanol–water partition coefficient (Wildman–Crippen LogP) is 1.90. The highest BCUT2D eigenvalue weighted by Gasteiger charge is 2.15. The van der Waals surface area contributed by atoms with Crippen LogP contribution in [0.3, 0.4) is 0 Å². The molecule has 2 N–H and O–H groups in total. The van der Waals surface area contributed by atoms with Crippen molar-refractivity contribution in [2.75, 3.05) is 5.73 Å².